The molecule has 3 aromatic rings. The number of para-hydroxylation sites is 2. The lowest BCUT2D eigenvalue weighted by atomic mass is 9.79. The van der Waals surface area contributed by atoms with Crippen molar-refractivity contribution in [2.45, 2.75) is 89.2 Å². The highest BCUT2D eigenvalue weighted by Crippen LogP contribution is 2.34. The fourth-order valence-electron chi connectivity index (χ4n) is 7.22. The van der Waals surface area contributed by atoms with E-state index in [-0.39, 0.29) is 25.0 Å². The zero-order chi connectivity index (χ0) is 34.0. The van der Waals surface area contributed by atoms with E-state index in [0.717, 1.165) is 49.0 Å². The summed E-state index contributed by atoms with van der Waals surface area (Å²) in [6.45, 7) is 4.15. The predicted molar refractivity (Wildman–Crippen MR) is 184 cm³/mol. The molecule has 1 fully saturated rings. The van der Waals surface area contributed by atoms with Crippen molar-refractivity contribution in [3.8, 4) is 11.5 Å². The van der Waals surface area contributed by atoms with Crippen LogP contribution in [0.25, 0.3) is 0 Å². The molecule has 2 aliphatic carbocycles. The first-order chi connectivity index (χ1) is 23.2. The first kappa shape index (κ1) is 35.4. The van der Waals surface area contributed by atoms with Gasteiger partial charge in [-0.2, -0.15) is 0 Å². The maximum Gasteiger partial charge on any atom is 0.255 e. The molecule has 0 aliphatic heterocycles. The zero-order valence-electron chi connectivity index (χ0n) is 28.0. The molecule has 0 aromatic heterocycles. The Morgan fingerprint density at radius 3 is 2.25 bits per heavy atom. The lowest BCUT2D eigenvalue weighted by molar-refractivity contribution is -0.137. The van der Waals surface area contributed by atoms with Crippen molar-refractivity contribution >= 4 is 11.8 Å². The second-order valence-electron chi connectivity index (χ2n) is 13.5. The number of fused-ring (bicyclic) bond motifs is 1. The third-order valence-corrected chi connectivity index (χ3v) is 9.77. The number of aliphatic hydroxyl groups excluding tert-OH is 3. The van der Waals surface area contributed by atoms with Crippen molar-refractivity contribution in [3.05, 3.63) is 95.6 Å². The number of amides is 2. The van der Waals surface area contributed by atoms with Crippen molar-refractivity contribution in [2.75, 3.05) is 13.2 Å². The predicted octanol–water partition coefficient (Wildman–Crippen LogP) is 4.98. The van der Waals surface area contributed by atoms with Crippen molar-refractivity contribution in [2.24, 2.45) is 17.8 Å². The van der Waals surface area contributed by atoms with Gasteiger partial charge in [0.15, 0.2) is 0 Å². The first-order valence-electron chi connectivity index (χ1n) is 17.4. The maximum atomic E-state index is 13.8. The van der Waals surface area contributed by atoms with Crippen LogP contribution in [0.3, 0.4) is 0 Å². The SMILES string of the molecule is CC(C)[C@@H](C(=O)N[C@H]1c2ccccc2C[C@H]1O)[C@@H](O)[C@H](O)[C@H](CC1CCCCC1)NC(=O)c1ccccc1OCCOc1ccccc1. The van der Waals surface area contributed by atoms with E-state index in [1.54, 1.807) is 24.3 Å². The van der Waals surface area contributed by atoms with E-state index < -0.39 is 48.1 Å². The molecule has 48 heavy (non-hydrogen) atoms. The van der Waals surface area contributed by atoms with Gasteiger partial charge in [-0.1, -0.05) is 101 Å². The van der Waals surface area contributed by atoms with Crippen LogP contribution in [0.2, 0.25) is 0 Å². The molecule has 2 aliphatic rings. The van der Waals surface area contributed by atoms with E-state index in [1.807, 2.05) is 68.4 Å². The molecule has 0 saturated heterocycles. The summed E-state index contributed by atoms with van der Waals surface area (Å²) in [5.41, 5.74) is 2.13. The molecule has 3 aromatic carbocycles. The fourth-order valence-corrected chi connectivity index (χ4v) is 7.22. The highest BCUT2D eigenvalue weighted by Gasteiger charge is 2.41. The molecule has 9 heteroatoms. The van der Waals surface area contributed by atoms with Crippen LogP contribution in [0.15, 0.2) is 78.9 Å². The van der Waals surface area contributed by atoms with Gasteiger partial charge in [-0.3, -0.25) is 9.59 Å². The third kappa shape index (κ3) is 8.95. The average Bonchev–Trinajstić information content (AvgIpc) is 3.41. The Balaban J connectivity index is 1.29. The lowest BCUT2D eigenvalue weighted by Crippen LogP contribution is -2.55. The first-order valence-corrected chi connectivity index (χ1v) is 17.4. The van der Waals surface area contributed by atoms with Gasteiger partial charge in [0.05, 0.1) is 35.8 Å². The summed E-state index contributed by atoms with van der Waals surface area (Å²) in [5, 5.41) is 40.1. The zero-order valence-corrected chi connectivity index (χ0v) is 28.0. The van der Waals surface area contributed by atoms with Gasteiger partial charge in [-0.25, -0.2) is 0 Å². The molecule has 1 saturated carbocycles. The molecule has 258 valence electrons. The topological polar surface area (TPSA) is 137 Å². The highest BCUT2D eigenvalue weighted by atomic mass is 16.5. The van der Waals surface area contributed by atoms with Gasteiger partial charge in [0.2, 0.25) is 5.91 Å². The number of nitrogens with one attached hydrogen (secondary N) is 2. The summed E-state index contributed by atoms with van der Waals surface area (Å²) >= 11 is 0. The largest absolute Gasteiger partial charge is 0.490 e. The molecule has 0 unspecified atom stereocenters. The number of carbonyl (C=O) groups excluding carboxylic acids is 2. The molecule has 0 bridgehead atoms. The monoisotopic (exact) mass is 658 g/mol. The van der Waals surface area contributed by atoms with Gasteiger partial charge in [-0.15, -0.1) is 0 Å². The van der Waals surface area contributed by atoms with Gasteiger partial charge in [0.25, 0.3) is 5.91 Å². The van der Waals surface area contributed by atoms with Gasteiger partial charge in [-0.05, 0) is 53.6 Å². The standard InChI is InChI=1S/C39H50N2O7/c1-25(2)34(39(46)41-35-29-18-10-9-15-27(29)24-32(35)42)37(44)36(43)31(23-26-13-5-3-6-14-26)40-38(45)30-19-11-12-20-33(30)48-22-21-47-28-16-7-4-8-17-28/h4,7-12,15-20,25-26,31-32,34-37,42-44H,3,5-6,13-14,21-24H2,1-2H3,(H,40,45)(H,41,46)/t31-,32+,34+,35-,36+,37+/m0/s1. The summed E-state index contributed by atoms with van der Waals surface area (Å²) in [6.07, 6.45) is 2.50. The fraction of sp³-hybridized carbons (Fsp3) is 0.487. The number of benzene rings is 3. The molecule has 2 amide bonds. The quantitative estimate of drug-likeness (QED) is 0.145. The van der Waals surface area contributed by atoms with Crippen LogP contribution in [-0.2, 0) is 11.2 Å². The molecule has 6 atom stereocenters. The molecular weight excluding hydrogens is 608 g/mol. The Kier molecular flexibility index (Phi) is 12.5. The van der Waals surface area contributed by atoms with Crippen LogP contribution < -0.4 is 20.1 Å². The average molecular weight is 659 g/mol. The van der Waals surface area contributed by atoms with E-state index in [9.17, 15) is 24.9 Å². The Morgan fingerprint density at radius 1 is 0.833 bits per heavy atom. The number of ether oxygens (including phenoxy) is 2. The van der Waals surface area contributed by atoms with Gasteiger partial charge >= 0.3 is 0 Å². The molecule has 0 spiro atoms. The highest BCUT2D eigenvalue weighted by molar-refractivity contribution is 5.97. The Hall–Kier alpha value is -3.92. The van der Waals surface area contributed by atoms with Crippen LogP contribution in [0.5, 0.6) is 11.5 Å². The minimum atomic E-state index is -1.46. The Morgan fingerprint density at radius 2 is 1.50 bits per heavy atom. The van der Waals surface area contributed by atoms with E-state index >= 15 is 0 Å². The molecule has 0 heterocycles. The molecule has 5 N–H and O–H groups in total. The van der Waals surface area contributed by atoms with Gasteiger partial charge < -0.3 is 35.4 Å². The lowest BCUT2D eigenvalue weighted by Gasteiger charge is -2.36. The van der Waals surface area contributed by atoms with E-state index in [2.05, 4.69) is 10.6 Å². The van der Waals surface area contributed by atoms with Crippen LogP contribution in [0.4, 0.5) is 0 Å². The minimum Gasteiger partial charge on any atom is -0.490 e. The van der Waals surface area contributed by atoms with Crippen molar-refractivity contribution < 1.29 is 34.4 Å². The van der Waals surface area contributed by atoms with E-state index in [4.69, 9.17) is 9.47 Å². The number of rotatable bonds is 15. The van der Waals surface area contributed by atoms with Crippen LogP contribution >= 0.6 is 0 Å². The summed E-state index contributed by atoms with van der Waals surface area (Å²) in [7, 11) is 0. The van der Waals surface area contributed by atoms with Crippen LogP contribution in [0.1, 0.15) is 79.9 Å². The molecule has 9 nitrogen and oxygen atoms in total. The van der Waals surface area contributed by atoms with Crippen molar-refractivity contribution in [1.82, 2.24) is 10.6 Å². The minimum absolute atomic E-state index is 0.220. The van der Waals surface area contributed by atoms with Crippen LogP contribution in [-0.4, -0.2) is 64.7 Å². The van der Waals surface area contributed by atoms with Gasteiger partial charge in [0.1, 0.15) is 30.8 Å². The molecule has 0 radical (unpaired) electrons. The second kappa shape index (κ2) is 17.0. The number of carbonyl (C=O) groups is 2. The van der Waals surface area contributed by atoms with Crippen molar-refractivity contribution in [1.29, 1.82) is 0 Å². The summed E-state index contributed by atoms with van der Waals surface area (Å²) in [6, 6.07) is 22.5. The number of hydrogen-bond acceptors (Lipinski definition) is 7. The summed E-state index contributed by atoms with van der Waals surface area (Å²) in [5.74, 6) is -0.818. The summed E-state index contributed by atoms with van der Waals surface area (Å²) in [4.78, 5) is 27.5. The summed E-state index contributed by atoms with van der Waals surface area (Å²) < 4.78 is 11.7. The molecular formula is C39H50N2O7. The van der Waals surface area contributed by atoms with Crippen molar-refractivity contribution in [3.63, 3.8) is 0 Å². The number of hydrogen-bond donors (Lipinski definition) is 5. The van der Waals surface area contributed by atoms with Gasteiger partial charge in [0, 0.05) is 6.42 Å². The second-order valence-corrected chi connectivity index (χ2v) is 13.5. The van der Waals surface area contributed by atoms with E-state index in [0.29, 0.717) is 24.2 Å². The smallest absolute Gasteiger partial charge is 0.255 e. The molecule has 5 rings (SSSR count). The Bertz CT molecular complexity index is 1480. The maximum absolute atomic E-state index is 13.8. The van der Waals surface area contributed by atoms with Crippen LogP contribution in [0, 0.1) is 17.8 Å². The normalized spacial score (nSPS) is 20.3. The van der Waals surface area contributed by atoms with E-state index in [1.165, 1.54) is 0 Å². The Labute approximate surface area is 283 Å². The third-order valence-electron chi connectivity index (χ3n) is 9.77. The number of aliphatic hydroxyl groups is 3.